The molecule has 2 heteroatoms. The van der Waals surface area contributed by atoms with E-state index in [0.29, 0.717) is 0 Å². The van der Waals surface area contributed by atoms with E-state index in [1.807, 2.05) is 0 Å². The number of nitrogens with zero attached hydrogens (tertiary/aromatic N) is 1. The number of anilines is 3. The van der Waals surface area contributed by atoms with Gasteiger partial charge in [-0.3, -0.25) is 0 Å². The van der Waals surface area contributed by atoms with Gasteiger partial charge in [0.2, 0.25) is 0 Å². The van der Waals surface area contributed by atoms with E-state index in [-0.39, 0.29) is 5.41 Å². The third kappa shape index (κ3) is 5.06. The highest BCUT2D eigenvalue weighted by Crippen LogP contribution is 2.55. The molecule has 1 aliphatic rings. The summed E-state index contributed by atoms with van der Waals surface area (Å²) in [4.78, 5) is 2.49. The van der Waals surface area contributed by atoms with Gasteiger partial charge in [-0.05, 0) is 108 Å². The van der Waals surface area contributed by atoms with Gasteiger partial charge in [0.15, 0.2) is 0 Å². The van der Waals surface area contributed by atoms with Crippen LogP contribution in [0.15, 0.2) is 205 Å². The topological polar surface area (TPSA) is 16.4 Å². The van der Waals surface area contributed by atoms with Crippen molar-refractivity contribution >= 4 is 71.3 Å². The fourth-order valence-electron chi connectivity index (χ4n) is 10.1. The summed E-state index contributed by atoms with van der Waals surface area (Å²) >= 11 is 0. The second-order valence-electron chi connectivity index (χ2n) is 16.4. The van der Waals surface area contributed by atoms with Gasteiger partial charge in [-0.25, -0.2) is 0 Å². The van der Waals surface area contributed by atoms with Crippen LogP contribution in [0.5, 0.6) is 0 Å². The minimum absolute atomic E-state index is 0.222. The first-order valence-corrected chi connectivity index (χ1v) is 20.5. The van der Waals surface area contributed by atoms with E-state index in [2.05, 4.69) is 219 Å². The Kier molecular flexibility index (Phi) is 7.31. The Morgan fingerprint density at radius 1 is 0.390 bits per heavy atom. The molecular formula is C57H39NO. The lowest BCUT2D eigenvalue weighted by molar-refractivity contribution is 0.660. The second-order valence-corrected chi connectivity index (χ2v) is 16.4. The van der Waals surface area contributed by atoms with Crippen molar-refractivity contribution in [3.63, 3.8) is 0 Å². The largest absolute Gasteiger partial charge is 0.455 e. The van der Waals surface area contributed by atoms with Crippen LogP contribution in [0.1, 0.15) is 25.0 Å². The minimum atomic E-state index is -0.222. The van der Waals surface area contributed by atoms with Crippen LogP contribution in [-0.2, 0) is 5.41 Å². The molecule has 278 valence electrons. The van der Waals surface area contributed by atoms with Gasteiger partial charge in [0.1, 0.15) is 11.2 Å². The molecule has 0 amide bonds. The van der Waals surface area contributed by atoms with Crippen molar-refractivity contribution in [1.29, 1.82) is 0 Å². The van der Waals surface area contributed by atoms with Gasteiger partial charge in [0.25, 0.3) is 0 Å². The van der Waals surface area contributed by atoms with Gasteiger partial charge in [0, 0.05) is 33.0 Å². The highest BCUT2D eigenvalue weighted by Gasteiger charge is 2.39. The third-order valence-electron chi connectivity index (χ3n) is 12.8. The van der Waals surface area contributed by atoms with Gasteiger partial charge in [-0.15, -0.1) is 0 Å². The van der Waals surface area contributed by atoms with Crippen LogP contribution >= 0.6 is 0 Å². The van der Waals surface area contributed by atoms with Crippen LogP contribution in [-0.4, -0.2) is 0 Å². The molecule has 0 radical (unpaired) electrons. The zero-order valence-corrected chi connectivity index (χ0v) is 32.9. The lowest BCUT2D eigenvalue weighted by Gasteiger charge is -2.33. The lowest BCUT2D eigenvalue weighted by atomic mass is 9.81. The van der Waals surface area contributed by atoms with Crippen molar-refractivity contribution in [2.45, 2.75) is 19.3 Å². The minimum Gasteiger partial charge on any atom is -0.455 e. The number of furan rings is 1. The van der Waals surface area contributed by atoms with Gasteiger partial charge >= 0.3 is 0 Å². The molecule has 1 aliphatic carbocycles. The van der Waals surface area contributed by atoms with Crippen molar-refractivity contribution in [3.8, 4) is 33.4 Å². The summed E-state index contributed by atoms with van der Waals surface area (Å²) in [5.74, 6) is 0. The number of rotatable bonds is 5. The second kappa shape index (κ2) is 12.8. The summed E-state index contributed by atoms with van der Waals surface area (Å²) in [5.41, 5.74) is 14.8. The first-order valence-electron chi connectivity index (χ1n) is 20.5. The van der Waals surface area contributed by atoms with E-state index in [9.17, 15) is 0 Å². The highest BCUT2D eigenvalue weighted by atomic mass is 16.3. The molecule has 59 heavy (non-hydrogen) atoms. The molecule has 0 unspecified atom stereocenters. The van der Waals surface area contributed by atoms with E-state index >= 15 is 0 Å². The number of fused-ring (bicyclic) bond motifs is 10. The summed E-state index contributed by atoms with van der Waals surface area (Å²) in [6.07, 6.45) is 0. The molecular weight excluding hydrogens is 715 g/mol. The Balaban J connectivity index is 1.09. The number of benzene rings is 10. The van der Waals surface area contributed by atoms with Crippen molar-refractivity contribution < 1.29 is 4.42 Å². The summed E-state index contributed by atoms with van der Waals surface area (Å²) in [7, 11) is 0. The van der Waals surface area contributed by atoms with Gasteiger partial charge in [-0.1, -0.05) is 172 Å². The van der Waals surface area contributed by atoms with Crippen molar-refractivity contribution in [1.82, 2.24) is 0 Å². The molecule has 1 heterocycles. The Hall–Kier alpha value is -7.42. The first kappa shape index (κ1) is 33.7. The Morgan fingerprint density at radius 3 is 1.81 bits per heavy atom. The fourth-order valence-corrected chi connectivity index (χ4v) is 10.1. The SMILES string of the molecule is CC1(C)c2ccccc2-c2cccc(N(c3ccc(-c4cc5ccccc5c5ccccc45)cc3)c3ccccc3-c3cccc4c3oc3cc5ccccc5cc34)c21. The zero-order valence-electron chi connectivity index (χ0n) is 32.9. The molecule has 0 bridgehead atoms. The van der Waals surface area contributed by atoms with Crippen molar-refractivity contribution in [2.24, 2.45) is 0 Å². The molecule has 12 rings (SSSR count). The fraction of sp³-hybridized carbons (Fsp3) is 0.0526. The average molecular weight is 754 g/mol. The molecule has 0 saturated carbocycles. The molecule has 0 atom stereocenters. The van der Waals surface area contributed by atoms with Crippen LogP contribution < -0.4 is 4.90 Å². The molecule has 0 aliphatic heterocycles. The first-order chi connectivity index (χ1) is 29.0. The van der Waals surface area contributed by atoms with Crippen LogP contribution in [0.3, 0.4) is 0 Å². The summed E-state index contributed by atoms with van der Waals surface area (Å²) in [6.45, 7) is 4.75. The maximum absolute atomic E-state index is 6.85. The predicted molar refractivity (Wildman–Crippen MR) is 249 cm³/mol. The molecule has 0 fully saturated rings. The summed E-state index contributed by atoms with van der Waals surface area (Å²) < 4.78 is 6.85. The number of hydrogen-bond acceptors (Lipinski definition) is 2. The molecule has 0 N–H and O–H groups in total. The molecule has 11 aromatic rings. The molecule has 0 saturated heterocycles. The van der Waals surface area contributed by atoms with Crippen LogP contribution in [0.2, 0.25) is 0 Å². The van der Waals surface area contributed by atoms with Gasteiger partial charge < -0.3 is 9.32 Å². The molecule has 10 aromatic carbocycles. The normalized spacial score (nSPS) is 13.1. The van der Waals surface area contributed by atoms with Crippen LogP contribution in [0, 0.1) is 0 Å². The van der Waals surface area contributed by atoms with E-state index in [1.165, 1.54) is 71.4 Å². The quantitative estimate of drug-likeness (QED) is 0.163. The number of hydrogen-bond donors (Lipinski definition) is 0. The molecule has 2 nitrogen and oxygen atoms in total. The Morgan fingerprint density at radius 2 is 0.983 bits per heavy atom. The van der Waals surface area contributed by atoms with E-state index in [4.69, 9.17) is 4.42 Å². The molecule has 0 spiro atoms. The standard InChI is InChI=1S/C57H39NO/c1-57(2)51-26-11-9-21-44(51)46-23-14-28-53(55(46)57)58(40-31-29-36(30-32-40)49-34-39-17-5-6-18-41(39)42-19-7-8-20-43(42)49)52-27-12-10-22-45(52)47-24-13-25-48-50-33-37-15-3-4-16-38(37)35-54(50)59-56(47)48/h3-35H,1-2H3. The smallest absolute Gasteiger partial charge is 0.143 e. The Bertz CT molecular complexity index is 3480. The highest BCUT2D eigenvalue weighted by molar-refractivity contribution is 6.15. The molecule has 1 aromatic heterocycles. The number of para-hydroxylation sites is 2. The lowest BCUT2D eigenvalue weighted by Crippen LogP contribution is -2.21. The monoisotopic (exact) mass is 753 g/mol. The van der Waals surface area contributed by atoms with E-state index in [0.717, 1.165) is 44.4 Å². The Labute approximate surface area is 343 Å². The average Bonchev–Trinajstić information content (AvgIpc) is 3.77. The third-order valence-corrected chi connectivity index (χ3v) is 12.8. The van der Waals surface area contributed by atoms with Crippen molar-refractivity contribution in [3.05, 3.63) is 211 Å². The zero-order chi connectivity index (χ0) is 39.2. The maximum Gasteiger partial charge on any atom is 0.143 e. The van der Waals surface area contributed by atoms with Crippen LogP contribution in [0.25, 0.3) is 87.6 Å². The van der Waals surface area contributed by atoms with E-state index < -0.39 is 0 Å². The van der Waals surface area contributed by atoms with E-state index in [1.54, 1.807) is 0 Å². The van der Waals surface area contributed by atoms with Crippen LogP contribution in [0.4, 0.5) is 17.1 Å². The predicted octanol–water partition coefficient (Wildman–Crippen LogP) is 16.2. The maximum atomic E-state index is 6.85. The summed E-state index contributed by atoms with van der Waals surface area (Å²) in [6, 6.07) is 73.2. The summed E-state index contributed by atoms with van der Waals surface area (Å²) in [5, 5.41) is 9.69. The van der Waals surface area contributed by atoms with Crippen molar-refractivity contribution in [2.75, 3.05) is 4.90 Å². The van der Waals surface area contributed by atoms with Gasteiger partial charge in [0.05, 0.1) is 11.4 Å². The van der Waals surface area contributed by atoms with Gasteiger partial charge in [-0.2, -0.15) is 0 Å².